The summed E-state index contributed by atoms with van der Waals surface area (Å²) >= 11 is 1.60. The molecule has 3 aromatic rings. The smallest absolute Gasteiger partial charge is 0.276 e. The first kappa shape index (κ1) is 13.3. The third kappa shape index (κ3) is 2.90. The SMILES string of the molecule is O=C(Nc1ccccc1-c1cccs1)c1ccc(=O)[nH]n1. The molecule has 1 aromatic carbocycles. The van der Waals surface area contributed by atoms with Crippen LogP contribution in [0, 0.1) is 0 Å². The van der Waals surface area contributed by atoms with Crippen LogP contribution in [0.3, 0.4) is 0 Å². The van der Waals surface area contributed by atoms with Crippen LogP contribution in [0.5, 0.6) is 0 Å². The molecule has 2 N–H and O–H groups in total. The number of carbonyl (C=O) groups excluding carboxylic acids is 1. The van der Waals surface area contributed by atoms with E-state index < -0.39 is 0 Å². The predicted molar refractivity (Wildman–Crippen MR) is 82.6 cm³/mol. The quantitative estimate of drug-likeness (QED) is 0.780. The van der Waals surface area contributed by atoms with Crippen molar-refractivity contribution in [2.75, 3.05) is 5.32 Å². The van der Waals surface area contributed by atoms with Gasteiger partial charge in [0.25, 0.3) is 11.5 Å². The number of thiophene rings is 1. The van der Waals surface area contributed by atoms with Crippen LogP contribution in [-0.4, -0.2) is 16.1 Å². The molecule has 6 heteroatoms. The maximum absolute atomic E-state index is 12.2. The van der Waals surface area contributed by atoms with E-state index in [2.05, 4.69) is 15.5 Å². The lowest BCUT2D eigenvalue weighted by atomic mass is 10.1. The van der Waals surface area contributed by atoms with Crippen LogP contribution in [0.2, 0.25) is 0 Å². The van der Waals surface area contributed by atoms with Crippen LogP contribution >= 0.6 is 11.3 Å². The molecule has 5 nitrogen and oxygen atoms in total. The molecule has 0 aliphatic heterocycles. The standard InChI is InChI=1S/C15H11N3O2S/c19-14-8-7-12(17-18-14)15(20)16-11-5-2-1-4-10(11)13-6-3-9-21-13/h1-9H,(H,16,20)(H,18,19). The molecule has 0 atom stereocenters. The van der Waals surface area contributed by atoms with Gasteiger partial charge in [-0.1, -0.05) is 24.3 Å². The molecule has 0 radical (unpaired) electrons. The summed E-state index contributed by atoms with van der Waals surface area (Å²) in [4.78, 5) is 24.2. The largest absolute Gasteiger partial charge is 0.320 e. The number of aromatic amines is 1. The van der Waals surface area contributed by atoms with E-state index >= 15 is 0 Å². The van der Waals surface area contributed by atoms with E-state index in [1.165, 1.54) is 12.1 Å². The van der Waals surface area contributed by atoms with Crippen molar-refractivity contribution < 1.29 is 4.79 Å². The highest BCUT2D eigenvalue weighted by Crippen LogP contribution is 2.31. The van der Waals surface area contributed by atoms with E-state index in [0.717, 1.165) is 10.4 Å². The second kappa shape index (κ2) is 5.72. The van der Waals surface area contributed by atoms with Crippen LogP contribution in [0.4, 0.5) is 5.69 Å². The van der Waals surface area contributed by atoms with E-state index in [1.54, 1.807) is 11.3 Å². The van der Waals surface area contributed by atoms with E-state index in [-0.39, 0.29) is 17.2 Å². The number of nitrogens with one attached hydrogen (secondary N) is 2. The van der Waals surface area contributed by atoms with Crippen molar-refractivity contribution in [2.24, 2.45) is 0 Å². The summed E-state index contributed by atoms with van der Waals surface area (Å²) in [5, 5.41) is 10.8. The summed E-state index contributed by atoms with van der Waals surface area (Å²) in [6.45, 7) is 0. The zero-order valence-corrected chi connectivity index (χ0v) is 11.7. The zero-order chi connectivity index (χ0) is 14.7. The van der Waals surface area contributed by atoms with Gasteiger partial charge in [-0.25, -0.2) is 5.10 Å². The maximum Gasteiger partial charge on any atom is 0.276 e. The number of nitrogens with zero attached hydrogens (tertiary/aromatic N) is 1. The van der Waals surface area contributed by atoms with Crippen LogP contribution in [0.25, 0.3) is 10.4 Å². The van der Waals surface area contributed by atoms with Crippen molar-refractivity contribution in [2.45, 2.75) is 0 Å². The van der Waals surface area contributed by atoms with Crippen molar-refractivity contribution >= 4 is 22.9 Å². The average molecular weight is 297 g/mol. The number of carbonyl (C=O) groups is 1. The lowest BCUT2D eigenvalue weighted by molar-refractivity contribution is 0.102. The molecular formula is C15H11N3O2S. The van der Waals surface area contributed by atoms with Gasteiger partial charge in [-0.2, -0.15) is 5.10 Å². The number of aromatic nitrogens is 2. The summed E-state index contributed by atoms with van der Waals surface area (Å²) in [5.41, 5.74) is 1.48. The number of H-pyrrole nitrogens is 1. The van der Waals surface area contributed by atoms with Gasteiger partial charge in [-0.3, -0.25) is 9.59 Å². The Morgan fingerprint density at radius 1 is 1.10 bits per heavy atom. The number of para-hydroxylation sites is 1. The topological polar surface area (TPSA) is 74.8 Å². The molecule has 3 rings (SSSR count). The summed E-state index contributed by atoms with van der Waals surface area (Å²) < 4.78 is 0. The molecule has 0 saturated carbocycles. The van der Waals surface area contributed by atoms with E-state index in [1.807, 2.05) is 41.8 Å². The Morgan fingerprint density at radius 2 is 1.95 bits per heavy atom. The molecule has 0 spiro atoms. The molecule has 104 valence electrons. The number of hydrogen-bond acceptors (Lipinski definition) is 4. The Balaban J connectivity index is 1.90. The highest BCUT2D eigenvalue weighted by molar-refractivity contribution is 7.13. The van der Waals surface area contributed by atoms with Gasteiger partial charge in [0.15, 0.2) is 0 Å². The lowest BCUT2D eigenvalue weighted by Crippen LogP contribution is -2.17. The van der Waals surface area contributed by atoms with E-state index in [9.17, 15) is 9.59 Å². The Kier molecular flexibility index (Phi) is 3.61. The fraction of sp³-hybridized carbons (Fsp3) is 0. The number of benzene rings is 1. The summed E-state index contributed by atoms with van der Waals surface area (Å²) in [6.07, 6.45) is 0. The van der Waals surface area contributed by atoms with Crippen molar-refractivity contribution in [1.82, 2.24) is 10.2 Å². The van der Waals surface area contributed by atoms with Gasteiger partial charge in [-0.05, 0) is 23.6 Å². The maximum atomic E-state index is 12.2. The Bertz CT molecular complexity index is 804. The molecule has 2 heterocycles. The van der Waals surface area contributed by atoms with Gasteiger partial charge >= 0.3 is 0 Å². The molecule has 0 aliphatic rings. The van der Waals surface area contributed by atoms with Crippen molar-refractivity contribution in [3.63, 3.8) is 0 Å². The molecule has 0 aliphatic carbocycles. The molecule has 21 heavy (non-hydrogen) atoms. The molecule has 1 amide bonds. The second-order valence-electron chi connectivity index (χ2n) is 4.28. The lowest BCUT2D eigenvalue weighted by Gasteiger charge is -2.09. The van der Waals surface area contributed by atoms with E-state index in [0.29, 0.717) is 5.69 Å². The van der Waals surface area contributed by atoms with Gasteiger partial charge in [0.2, 0.25) is 0 Å². The third-order valence-electron chi connectivity index (χ3n) is 2.87. The minimum atomic E-state index is -0.366. The number of anilines is 1. The second-order valence-corrected chi connectivity index (χ2v) is 5.23. The van der Waals surface area contributed by atoms with Gasteiger partial charge in [0.05, 0.1) is 0 Å². The monoisotopic (exact) mass is 297 g/mol. The Morgan fingerprint density at radius 3 is 2.67 bits per heavy atom. The van der Waals surface area contributed by atoms with Gasteiger partial charge < -0.3 is 5.32 Å². The molecule has 0 fully saturated rings. The molecule has 2 aromatic heterocycles. The highest BCUT2D eigenvalue weighted by Gasteiger charge is 2.11. The first-order valence-corrected chi connectivity index (χ1v) is 7.12. The predicted octanol–water partition coefficient (Wildman–Crippen LogP) is 2.75. The normalized spacial score (nSPS) is 10.3. The van der Waals surface area contributed by atoms with Crippen LogP contribution in [0.15, 0.2) is 58.7 Å². The Hall–Kier alpha value is -2.73. The minimum absolute atomic E-state index is 0.163. The van der Waals surface area contributed by atoms with Gasteiger partial charge in [0.1, 0.15) is 5.69 Å². The summed E-state index contributed by atoms with van der Waals surface area (Å²) in [5.74, 6) is -0.366. The number of rotatable bonds is 3. The fourth-order valence-corrected chi connectivity index (χ4v) is 2.66. The average Bonchev–Trinajstić information content (AvgIpc) is 3.02. The molecule has 0 unspecified atom stereocenters. The van der Waals surface area contributed by atoms with Crippen molar-refractivity contribution in [3.8, 4) is 10.4 Å². The Labute approximate surface area is 124 Å². The first-order valence-electron chi connectivity index (χ1n) is 6.24. The fourth-order valence-electron chi connectivity index (χ4n) is 1.90. The molecule has 0 saturated heterocycles. The zero-order valence-electron chi connectivity index (χ0n) is 10.9. The van der Waals surface area contributed by atoms with Gasteiger partial charge in [-0.15, -0.1) is 11.3 Å². The van der Waals surface area contributed by atoms with Crippen molar-refractivity contribution in [3.05, 3.63) is 70.0 Å². The first-order chi connectivity index (χ1) is 10.2. The van der Waals surface area contributed by atoms with Gasteiger partial charge in [0, 0.05) is 22.2 Å². The van der Waals surface area contributed by atoms with Crippen LogP contribution in [0.1, 0.15) is 10.5 Å². The minimum Gasteiger partial charge on any atom is -0.320 e. The van der Waals surface area contributed by atoms with Crippen molar-refractivity contribution in [1.29, 1.82) is 0 Å². The summed E-state index contributed by atoms with van der Waals surface area (Å²) in [6, 6.07) is 14.2. The molecule has 0 bridgehead atoms. The van der Waals surface area contributed by atoms with Crippen LogP contribution < -0.4 is 10.9 Å². The highest BCUT2D eigenvalue weighted by atomic mass is 32.1. The number of amides is 1. The van der Waals surface area contributed by atoms with Crippen LogP contribution in [-0.2, 0) is 0 Å². The molecular weight excluding hydrogens is 286 g/mol. The van der Waals surface area contributed by atoms with E-state index in [4.69, 9.17) is 0 Å². The number of hydrogen-bond donors (Lipinski definition) is 2. The third-order valence-corrected chi connectivity index (χ3v) is 3.78. The summed E-state index contributed by atoms with van der Waals surface area (Å²) in [7, 11) is 0.